The van der Waals surface area contributed by atoms with Crippen molar-refractivity contribution in [1.29, 1.82) is 0 Å². The van der Waals surface area contributed by atoms with Crippen LogP contribution in [0, 0.1) is 5.92 Å². The van der Waals surface area contributed by atoms with Gasteiger partial charge in [0.05, 0.1) is 0 Å². The highest BCUT2D eigenvalue weighted by molar-refractivity contribution is 7.99. The average Bonchev–Trinajstić information content (AvgIpc) is 2.48. The Labute approximate surface area is 122 Å². The maximum absolute atomic E-state index is 3.51. The Hall–Kier alpha value is -0.510. The van der Waals surface area contributed by atoms with Crippen molar-refractivity contribution in [2.75, 3.05) is 38.5 Å². The molecule has 1 atom stereocenters. The molecule has 2 nitrogen and oxygen atoms in total. The molecule has 0 aliphatic carbocycles. The second kappa shape index (κ2) is 8.62. The van der Waals surface area contributed by atoms with Crippen LogP contribution >= 0.6 is 11.8 Å². The van der Waals surface area contributed by atoms with Crippen molar-refractivity contribution < 1.29 is 0 Å². The predicted molar refractivity (Wildman–Crippen MR) is 84.9 cm³/mol. The quantitative estimate of drug-likeness (QED) is 0.772. The molecule has 1 fully saturated rings. The van der Waals surface area contributed by atoms with Gasteiger partial charge in [0.1, 0.15) is 0 Å². The van der Waals surface area contributed by atoms with Gasteiger partial charge in [0.25, 0.3) is 0 Å². The summed E-state index contributed by atoms with van der Waals surface area (Å²) >= 11 is 1.97. The second-order valence-corrected chi connectivity index (χ2v) is 6.44. The zero-order valence-corrected chi connectivity index (χ0v) is 12.8. The van der Waals surface area contributed by atoms with Crippen LogP contribution in [-0.2, 0) is 0 Å². The van der Waals surface area contributed by atoms with Crippen molar-refractivity contribution in [3.05, 3.63) is 30.3 Å². The summed E-state index contributed by atoms with van der Waals surface area (Å²) in [6.07, 6.45) is 2.75. The second-order valence-electron chi connectivity index (χ2n) is 5.27. The van der Waals surface area contributed by atoms with Crippen LogP contribution in [0.2, 0.25) is 0 Å². The van der Waals surface area contributed by atoms with Crippen LogP contribution in [0.15, 0.2) is 35.2 Å². The summed E-state index contributed by atoms with van der Waals surface area (Å²) in [6.45, 7) is 8.34. The van der Waals surface area contributed by atoms with Crippen molar-refractivity contribution in [3.63, 3.8) is 0 Å². The molecule has 1 N–H and O–H groups in total. The lowest BCUT2D eigenvalue weighted by Gasteiger charge is -2.29. The molecule has 3 heteroatoms. The summed E-state index contributed by atoms with van der Waals surface area (Å²) in [6, 6.07) is 10.7. The smallest absolute Gasteiger partial charge is 0.0108 e. The molecule has 106 valence electrons. The SMILES string of the molecule is CCN(CCSc1ccccc1)CC1CCCNC1. The number of thioether (sulfide) groups is 1. The van der Waals surface area contributed by atoms with E-state index in [1.807, 2.05) is 11.8 Å². The minimum Gasteiger partial charge on any atom is -0.316 e. The van der Waals surface area contributed by atoms with E-state index in [0.717, 1.165) is 5.92 Å². The number of hydrogen-bond donors (Lipinski definition) is 1. The number of rotatable bonds is 7. The Morgan fingerprint density at radius 1 is 1.32 bits per heavy atom. The molecule has 0 saturated carbocycles. The first-order chi connectivity index (χ1) is 9.38. The van der Waals surface area contributed by atoms with E-state index in [1.54, 1.807) is 0 Å². The van der Waals surface area contributed by atoms with Gasteiger partial charge in [-0.1, -0.05) is 25.1 Å². The lowest BCUT2D eigenvalue weighted by molar-refractivity contribution is 0.226. The standard InChI is InChI=1S/C16H26N2S/c1-2-18(14-15-7-6-10-17-13-15)11-12-19-16-8-4-3-5-9-16/h3-5,8-9,15,17H,2,6-7,10-14H2,1H3. The van der Waals surface area contributed by atoms with Gasteiger partial charge in [0, 0.05) is 23.7 Å². The lowest BCUT2D eigenvalue weighted by atomic mass is 9.99. The van der Waals surface area contributed by atoms with E-state index in [0.29, 0.717) is 0 Å². The number of nitrogens with zero attached hydrogens (tertiary/aromatic N) is 1. The molecule has 0 bridgehead atoms. The molecular formula is C16H26N2S. The molecule has 1 saturated heterocycles. The monoisotopic (exact) mass is 278 g/mol. The van der Waals surface area contributed by atoms with Crippen molar-refractivity contribution in [2.45, 2.75) is 24.7 Å². The molecule has 1 aromatic carbocycles. The molecule has 1 unspecified atom stereocenters. The third-order valence-electron chi connectivity index (χ3n) is 3.78. The summed E-state index contributed by atoms with van der Waals surface area (Å²) < 4.78 is 0. The fourth-order valence-electron chi connectivity index (χ4n) is 2.63. The predicted octanol–water partition coefficient (Wildman–Crippen LogP) is 3.10. The van der Waals surface area contributed by atoms with Gasteiger partial charge in [0.15, 0.2) is 0 Å². The zero-order chi connectivity index (χ0) is 13.3. The highest BCUT2D eigenvalue weighted by Crippen LogP contribution is 2.17. The van der Waals surface area contributed by atoms with Gasteiger partial charge >= 0.3 is 0 Å². The summed E-state index contributed by atoms with van der Waals surface area (Å²) in [4.78, 5) is 3.99. The van der Waals surface area contributed by atoms with E-state index < -0.39 is 0 Å². The first kappa shape index (κ1) is 14.9. The summed E-state index contributed by atoms with van der Waals surface area (Å²) in [5.41, 5.74) is 0. The Balaban J connectivity index is 1.67. The molecule has 0 aromatic heterocycles. The Morgan fingerprint density at radius 2 is 2.16 bits per heavy atom. The Bertz CT molecular complexity index is 336. The van der Waals surface area contributed by atoms with Gasteiger partial charge in [-0.25, -0.2) is 0 Å². The number of hydrogen-bond acceptors (Lipinski definition) is 3. The van der Waals surface area contributed by atoms with Crippen LogP contribution in [-0.4, -0.2) is 43.4 Å². The topological polar surface area (TPSA) is 15.3 Å². The lowest BCUT2D eigenvalue weighted by Crippen LogP contribution is -2.39. The van der Waals surface area contributed by atoms with Gasteiger partial charge in [-0.3, -0.25) is 0 Å². The van der Waals surface area contributed by atoms with E-state index in [4.69, 9.17) is 0 Å². The van der Waals surface area contributed by atoms with Crippen molar-refractivity contribution in [1.82, 2.24) is 10.2 Å². The molecule has 1 heterocycles. The fourth-order valence-corrected chi connectivity index (χ4v) is 3.57. The van der Waals surface area contributed by atoms with Gasteiger partial charge in [0.2, 0.25) is 0 Å². The van der Waals surface area contributed by atoms with Crippen molar-refractivity contribution in [3.8, 4) is 0 Å². The third kappa shape index (κ3) is 5.55. The van der Waals surface area contributed by atoms with Crippen LogP contribution in [0.5, 0.6) is 0 Å². The van der Waals surface area contributed by atoms with Crippen molar-refractivity contribution in [2.24, 2.45) is 5.92 Å². The van der Waals surface area contributed by atoms with Crippen LogP contribution in [0.4, 0.5) is 0 Å². The molecule has 1 aliphatic heterocycles. The zero-order valence-electron chi connectivity index (χ0n) is 12.0. The highest BCUT2D eigenvalue weighted by Gasteiger charge is 2.15. The van der Waals surface area contributed by atoms with Crippen molar-refractivity contribution >= 4 is 11.8 Å². The van der Waals surface area contributed by atoms with Crippen LogP contribution < -0.4 is 5.32 Å². The number of piperidine rings is 1. The summed E-state index contributed by atoms with van der Waals surface area (Å²) in [5, 5.41) is 3.51. The molecule has 0 spiro atoms. The van der Waals surface area contributed by atoms with Crippen LogP contribution in [0.3, 0.4) is 0 Å². The van der Waals surface area contributed by atoms with E-state index in [2.05, 4.69) is 47.5 Å². The number of benzene rings is 1. The minimum absolute atomic E-state index is 0.857. The molecule has 0 radical (unpaired) electrons. The Morgan fingerprint density at radius 3 is 2.84 bits per heavy atom. The van der Waals surface area contributed by atoms with Gasteiger partial charge < -0.3 is 10.2 Å². The maximum Gasteiger partial charge on any atom is 0.0108 e. The van der Waals surface area contributed by atoms with Gasteiger partial charge in [-0.2, -0.15) is 0 Å². The molecule has 0 amide bonds. The first-order valence-electron chi connectivity index (χ1n) is 7.49. The fraction of sp³-hybridized carbons (Fsp3) is 0.625. The third-order valence-corrected chi connectivity index (χ3v) is 4.77. The minimum atomic E-state index is 0.857. The van der Waals surface area contributed by atoms with Crippen LogP contribution in [0.25, 0.3) is 0 Å². The van der Waals surface area contributed by atoms with Crippen LogP contribution in [0.1, 0.15) is 19.8 Å². The summed E-state index contributed by atoms with van der Waals surface area (Å²) in [7, 11) is 0. The Kier molecular flexibility index (Phi) is 6.75. The molecule has 1 aromatic rings. The average molecular weight is 278 g/mol. The molecular weight excluding hydrogens is 252 g/mol. The van der Waals surface area contributed by atoms with Gasteiger partial charge in [-0.05, 0) is 50.5 Å². The highest BCUT2D eigenvalue weighted by atomic mass is 32.2. The molecule has 1 aliphatic rings. The molecule has 19 heavy (non-hydrogen) atoms. The maximum atomic E-state index is 3.51. The number of nitrogens with one attached hydrogen (secondary N) is 1. The normalized spacial score (nSPS) is 19.8. The molecule has 2 rings (SSSR count). The van der Waals surface area contributed by atoms with E-state index in [-0.39, 0.29) is 0 Å². The largest absolute Gasteiger partial charge is 0.316 e. The first-order valence-corrected chi connectivity index (χ1v) is 8.48. The van der Waals surface area contributed by atoms with E-state index >= 15 is 0 Å². The summed E-state index contributed by atoms with van der Waals surface area (Å²) in [5.74, 6) is 2.05. The van der Waals surface area contributed by atoms with E-state index in [1.165, 1.54) is 56.2 Å². The van der Waals surface area contributed by atoms with E-state index in [9.17, 15) is 0 Å². The van der Waals surface area contributed by atoms with Gasteiger partial charge in [-0.15, -0.1) is 11.8 Å².